The van der Waals surface area contributed by atoms with Gasteiger partial charge in [0.2, 0.25) is 0 Å². The third-order valence-electron chi connectivity index (χ3n) is 3.93. The molecule has 0 amide bonds. The van der Waals surface area contributed by atoms with Crippen LogP contribution in [0.3, 0.4) is 0 Å². The number of hydrogen-bond acceptors (Lipinski definition) is 5. The average molecular weight is 351 g/mol. The number of carboxylic acids is 1. The number of aromatic nitrogens is 3. The molecule has 0 aliphatic rings. The fraction of sp³-hybridized carbons (Fsp3) is 0.211. The predicted molar refractivity (Wildman–Crippen MR) is 99.7 cm³/mol. The van der Waals surface area contributed by atoms with Crippen molar-refractivity contribution < 1.29 is 9.90 Å². The van der Waals surface area contributed by atoms with E-state index in [0.29, 0.717) is 18.1 Å². The molecule has 0 radical (unpaired) electrons. The van der Waals surface area contributed by atoms with Gasteiger partial charge in [-0.25, -0.2) is 4.68 Å². The number of nitrogens with one attached hydrogen (secondary N) is 1. The number of nitrogens with two attached hydrogens (primary N) is 1. The Kier molecular flexibility index (Phi) is 5.60. The van der Waals surface area contributed by atoms with Gasteiger partial charge in [0.15, 0.2) is 0 Å². The van der Waals surface area contributed by atoms with Gasteiger partial charge in [0, 0.05) is 36.6 Å². The molecule has 0 spiro atoms. The van der Waals surface area contributed by atoms with Gasteiger partial charge in [-0.1, -0.05) is 30.3 Å². The van der Waals surface area contributed by atoms with E-state index in [-0.39, 0.29) is 12.6 Å². The van der Waals surface area contributed by atoms with Crippen LogP contribution in [0.2, 0.25) is 0 Å². The number of rotatable bonds is 8. The highest BCUT2D eigenvalue weighted by Crippen LogP contribution is 2.21. The molecule has 0 saturated heterocycles. The van der Waals surface area contributed by atoms with Crippen LogP contribution in [0.5, 0.6) is 0 Å². The summed E-state index contributed by atoms with van der Waals surface area (Å²) in [4.78, 5) is 15.1. The summed E-state index contributed by atoms with van der Waals surface area (Å²) in [7, 11) is 0. The number of nitrogens with zero attached hydrogens (tertiary/aromatic N) is 3. The predicted octanol–water partition coefficient (Wildman–Crippen LogP) is 2.01. The second-order valence-electron chi connectivity index (χ2n) is 6.03. The van der Waals surface area contributed by atoms with Gasteiger partial charge in [0.1, 0.15) is 12.4 Å². The van der Waals surface area contributed by atoms with Crippen LogP contribution >= 0.6 is 0 Å². The van der Waals surface area contributed by atoms with Gasteiger partial charge < -0.3 is 16.2 Å². The molecular weight excluding hydrogens is 330 g/mol. The van der Waals surface area contributed by atoms with Crippen LogP contribution in [0.1, 0.15) is 5.56 Å². The summed E-state index contributed by atoms with van der Waals surface area (Å²) in [5, 5.41) is 16.7. The lowest BCUT2D eigenvalue weighted by Gasteiger charge is -2.14. The summed E-state index contributed by atoms with van der Waals surface area (Å²) in [5.74, 6) is -0.325. The van der Waals surface area contributed by atoms with Crippen molar-refractivity contribution >= 4 is 11.8 Å². The molecule has 1 aromatic carbocycles. The largest absolute Gasteiger partial charge is 0.480 e. The van der Waals surface area contributed by atoms with Gasteiger partial charge in [-0.15, -0.1) is 0 Å². The highest BCUT2D eigenvalue weighted by Gasteiger charge is 2.13. The zero-order valence-corrected chi connectivity index (χ0v) is 14.2. The third kappa shape index (κ3) is 4.67. The molecule has 134 valence electrons. The van der Waals surface area contributed by atoms with E-state index in [9.17, 15) is 4.79 Å². The lowest BCUT2D eigenvalue weighted by molar-refractivity contribution is -0.137. The van der Waals surface area contributed by atoms with Crippen LogP contribution in [0, 0.1) is 0 Å². The molecule has 2 heterocycles. The van der Waals surface area contributed by atoms with Gasteiger partial charge in [-0.3, -0.25) is 9.78 Å². The quantitative estimate of drug-likeness (QED) is 0.573. The Bertz CT molecular complexity index is 849. The van der Waals surface area contributed by atoms with Crippen LogP contribution in [-0.2, 0) is 17.8 Å². The van der Waals surface area contributed by atoms with Crippen molar-refractivity contribution in [3.8, 4) is 11.3 Å². The summed E-state index contributed by atoms with van der Waals surface area (Å²) in [6, 6.07) is 15.4. The maximum atomic E-state index is 11.1. The molecule has 0 bridgehead atoms. The Hall–Kier alpha value is -3.19. The van der Waals surface area contributed by atoms with E-state index in [0.717, 1.165) is 12.0 Å². The number of hydrogen-bond donors (Lipinski definition) is 3. The first-order valence-corrected chi connectivity index (χ1v) is 8.35. The Labute approximate surface area is 151 Å². The lowest BCUT2D eigenvalue weighted by atomic mass is 10.1. The summed E-state index contributed by atoms with van der Waals surface area (Å²) in [6.07, 6.45) is 4.08. The Morgan fingerprint density at radius 3 is 2.62 bits per heavy atom. The van der Waals surface area contributed by atoms with Crippen molar-refractivity contribution in [2.45, 2.75) is 19.0 Å². The fourth-order valence-corrected chi connectivity index (χ4v) is 2.70. The van der Waals surface area contributed by atoms with E-state index >= 15 is 0 Å². The maximum Gasteiger partial charge on any atom is 0.325 e. The van der Waals surface area contributed by atoms with E-state index < -0.39 is 5.97 Å². The highest BCUT2D eigenvalue weighted by molar-refractivity contribution is 5.69. The first kappa shape index (κ1) is 17.6. The first-order chi connectivity index (χ1) is 12.6. The Morgan fingerprint density at radius 1 is 1.19 bits per heavy atom. The zero-order valence-electron chi connectivity index (χ0n) is 14.2. The molecule has 0 aliphatic heterocycles. The fourth-order valence-electron chi connectivity index (χ4n) is 2.70. The van der Waals surface area contributed by atoms with Crippen molar-refractivity contribution in [1.29, 1.82) is 0 Å². The molecule has 3 aromatic rings. The number of anilines is 1. The molecule has 4 N–H and O–H groups in total. The van der Waals surface area contributed by atoms with Crippen molar-refractivity contribution in [3.05, 3.63) is 66.5 Å². The molecule has 2 aromatic heterocycles. The zero-order chi connectivity index (χ0) is 18.4. The van der Waals surface area contributed by atoms with Crippen LogP contribution < -0.4 is 11.1 Å². The number of carboxylic acid groups (broad SMARTS) is 1. The standard InChI is InChI=1S/C19H21N5O2/c20-16(10-14-4-2-1-3-5-14)12-22-18-11-17(15-6-8-21-9-7-15)23-24(18)13-19(25)26/h1-9,11,16,22H,10,12-13,20H2,(H,25,26). The SMILES string of the molecule is NC(CNc1cc(-c2ccncc2)nn1CC(=O)O)Cc1ccccc1. The van der Waals surface area contributed by atoms with E-state index in [1.54, 1.807) is 12.4 Å². The Morgan fingerprint density at radius 2 is 1.92 bits per heavy atom. The topological polar surface area (TPSA) is 106 Å². The Balaban J connectivity index is 1.71. The van der Waals surface area contributed by atoms with Crippen LogP contribution in [0.25, 0.3) is 11.3 Å². The van der Waals surface area contributed by atoms with Crippen molar-refractivity contribution in [1.82, 2.24) is 14.8 Å². The van der Waals surface area contributed by atoms with E-state index in [1.807, 2.05) is 48.5 Å². The lowest BCUT2D eigenvalue weighted by Crippen LogP contribution is -2.32. The van der Waals surface area contributed by atoms with E-state index in [2.05, 4.69) is 15.4 Å². The van der Waals surface area contributed by atoms with Crippen LogP contribution in [-0.4, -0.2) is 38.4 Å². The minimum Gasteiger partial charge on any atom is -0.480 e. The average Bonchev–Trinajstić information content (AvgIpc) is 3.04. The summed E-state index contributed by atoms with van der Waals surface area (Å²) in [6.45, 7) is 0.289. The first-order valence-electron chi connectivity index (χ1n) is 8.35. The molecule has 26 heavy (non-hydrogen) atoms. The van der Waals surface area contributed by atoms with Gasteiger partial charge in [-0.2, -0.15) is 5.10 Å². The minimum atomic E-state index is -0.953. The van der Waals surface area contributed by atoms with E-state index in [4.69, 9.17) is 10.8 Å². The number of benzene rings is 1. The van der Waals surface area contributed by atoms with Crippen LogP contribution in [0.4, 0.5) is 5.82 Å². The molecule has 1 unspecified atom stereocenters. The smallest absolute Gasteiger partial charge is 0.325 e. The molecule has 7 nitrogen and oxygen atoms in total. The normalized spacial score (nSPS) is 11.9. The van der Waals surface area contributed by atoms with Gasteiger partial charge in [0.05, 0.1) is 5.69 Å². The van der Waals surface area contributed by atoms with Gasteiger partial charge in [-0.05, 0) is 24.1 Å². The molecule has 0 aliphatic carbocycles. The summed E-state index contributed by atoms with van der Waals surface area (Å²) < 4.78 is 1.44. The third-order valence-corrected chi connectivity index (χ3v) is 3.93. The highest BCUT2D eigenvalue weighted by atomic mass is 16.4. The molecule has 3 rings (SSSR count). The minimum absolute atomic E-state index is 0.102. The summed E-state index contributed by atoms with van der Waals surface area (Å²) in [5.41, 5.74) is 8.93. The number of pyridine rings is 1. The van der Waals surface area contributed by atoms with Crippen molar-refractivity contribution in [2.24, 2.45) is 5.73 Å². The second kappa shape index (κ2) is 8.26. The van der Waals surface area contributed by atoms with Crippen molar-refractivity contribution in [3.63, 3.8) is 0 Å². The number of carbonyl (C=O) groups is 1. The van der Waals surface area contributed by atoms with Gasteiger partial charge in [0.25, 0.3) is 0 Å². The van der Waals surface area contributed by atoms with Crippen LogP contribution in [0.15, 0.2) is 60.9 Å². The molecular formula is C19H21N5O2. The van der Waals surface area contributed by atoms with E-state index in [1.165, 1.54) is 10.2 Å². The molecule has 0 saturated carbocycles. The van der Waals surface area contributed by atoms with Gasteiger partial charge >= 0.3 is 5.97 Å². The molecule has 1 atom stereocenters. The monoisotopic (exact) mass is 351 g/mol. The maximum absolute atomic E-state index is 11.1. The molecule has 0 fully saturated rings. The van der Waals surface area contributed by atoms with Crippen molar-refractivity contribution in [2.75, 3.05) is 11.9 Å². The second-order valence-corrected chi connectivity index (χ2v) is 6.03. The molecule has 7 heteroatoms. The number of aliphatic carboxylic acids is 1. The summed E-state index contributed by atoms with van der Waals surface area (Å²) >= 11 is 0.